The smallest absolute Gasteiger partial charge is 0.293 e. The minimum absolute atomic E-state index is 0.0868. The van der Waals surface area contributed by atoms with Crippen LogP contribution in [0, 0.1) is 17.2 Å². The van der Waals surface area contributed by atoms with E-state index in [-0.39, 0.29) is 17.9 Å². The Morgan fingerprint density at radius 2 is 2.00 bits per heavy atom. The fourth-order valence-electron chi connectivity index (χ4n) is 2.99. The van der Waals surface area contributed by atoms with E-state index in [1.54, 1.807) is 0 Å². The lowest BCUT2D eigenvalue weighted by atomic mass is 9.87. The van der Waals surface area contributed by atoms with Gasteiger partial charge in [-0.05, 0) is 25.7 Å². The Bertz CT molecular complexity index is 790. The van der Waals surface area contributed by atoms with Crippen molar-refractivity contribution >= 4 is 28.8 Å². The van der Waals surface area contributed by atoms with Crippen LogP contribution in [0.25, 0.3) is 11.3 Å². The molecule has 0 spiro atoms. The van der Waals surface area contributed by atoms with Crippen LogP contribution in [0.1, 0.15) is 30.6 Å². The number of carbonyl (C=O) groups excluding carboxylic acids is 2. The van der Waals surface area contributed by atoms with E-state index in [4.69, 9.17) is 4.74 Å². The Labute approximate surface area is 149 Å². The molecule has 0 radical (unpaired) electrons. The van der Waals surface area contributed by atoms with Crippen LogP contribution in [0.3, 0.4) is 0 Å². The molecule has 1 aliphatic carbocycles. The molecule has 1 N–H and O–H groups in total. The van der Waals surface area contributed by atoms with Gasteiger partial charge in [0, 0.05) is 11.5 Å². The predicted octanol–water partition coefficient (Wildman–Crippen LogP) is 3.35. The molecular weight excluding hydrogens is 338 g/mol. The maximum atomic E-state index is 12.4. The number of anilines is 1. The third-order valence-corrected chi connectivity index (χ3v) is 5.17. The monoisotopic (exact) mass is 355 g/mol. The number of carbonyl (C=O) groups is 2. The van der Waals surface area contributed by atoms with Gasteiger partial charge in [-0.25, -0.2) is 4.98 Å². The molecule has 1 amide bonds. The van der Waals surface area contributed by atoms with Gasteiger partial charge in [0.2, 0.25) is 5.91 Å². The summed E-state index contributed by atoms with van der Waals surface area (Å²) in [5.41, 5.74) is 1.44. The molecule has 1 heterocycles. The average molecular weight is 355 g/mol. The molecule has 25 heavy (non-hydrogen) atoms. The molecule has 0 aliphatic heterocycles. The van der Waals surface area contributed by atoms with E-state index in [0.717, 1.165) is 5.56 Å². The first-order valence-electron chi connectivity index (χ1n) is 8.07. The minimum Gasteiger partial charge on any atom is -0.465 e. The van der Waals surface area contributed by atoms with Crippen molar-refractivity contribution in [3.8, 4) is 17.3 Å². The van der Waals surface area contributed by atoms with E-state index in [0.29, 0.717) is 47.9 Å². The summed E-state index contributed by atoms with van der Waals surface area (Å²) in [7, 11) is 0. The number of nitrogens with zero attached hydrogens (tertiary/aromatic N) is 2. The average Bonchev–Trinajstić information content (AvgIpc) is 3.06. The predicted molar refractivity (Wildman–Crippen MR) is 93.8 cm³/mol. The fourth-order valence-corrected chi connectivity index (χ4v) is 3.78. The van der Waals surface area contributed by atoms with Crippen molar-refractivity contribution in [1.29, 1.82) is 5.26 Å². The van der Waals surface area contributed by atoms with E-state index in [2.05, 4.69) is 16.4 Å². The standard InChI is InChI=1S/C18H17N3O3S/c19-10-15-16(12-4-2-1-3-5-12)20-18(25-15)21-17(23)13-6-8-14(9-7-13)24-11-22/h1-5,11,13-14H,6-9H2,(H,20,21,23). The van der Waals surface area contributed by atoms with Crippen molar-refractivity contribution < 1.29 is 14.3 Å². The number of hydrogen-bond donors (Lipinski definition) is 1. The highest BCUT2D eigenvalue weighted by Gasteiger charge is 2.28. The van der Waals surface area contributed by atoms with E-state index >= 15 is 0 Å². The van der Waals surface area contributed by atoms with Crippen molar-refractivity contribution in [2.75, 3.05) is 5.32 Å². The van der Waals surface area contributed by atoms with Crippen molar-refractivity contribution in [2.24, 2.45) is 5.92 Å². The third kappa shape index (κ3) is 4.03. The lowest BCUT2D eigenvalue weighted by Gasteiger charge is -2.26. The molecule has 2 aromatic rings. The van der Waals surface area contributed by atoms with Gasteiger partial charge in [0.1, 0.15) is 22.7 Å². The molecular formula is C18H17N3O3S. The van der Waals surface area contributed by atoms with E-state index in [9.17, 15) is 14.9 Å². The molecule has 1 saturated carbocycles. The van der Waals surface area contributed by atoms with Gasteiger partial charge in [0.05, 0.1) is 0 Å². The molecule has 0 saturated heterocycles. The molecule has 1 fully saturated rings. The maximum Gasteiger partial charge on any atom is 0.293 e. The number of nitriles is 1. The van der Waals surface area contributed by atoms with Gasteiger partial charge in [-0.2, -0.15) is 5.26 Å². The summed E-state index contributed by atoms with van der Waals surface area (Å²) in [5.74, 6) is -0.219. The fraction of sp³-hybridized carbons (Fsp3) is 0.333. The summed E-state index contributed by atoms with van der Waals surface area (Å²) in [6, 6.07) is 11.6. The van der Waals surface area contributed by atoms with Gasteiger partial charge in [0.25, 0.3) is 6.47 Å². The summed E-state index contributed by atoms with van der Waals surface area (Å²) < 4.78 is 4.95. The first-order chi connectivity index (χ1) is 12.2. The molecule has 0 unspecified atom stereocenters. The molecule has 0 bridgehead atoms. The largest absolute Gasteiger partial charge is 0.465 e. The lowest BCUT2D eigenvalue weighted by Crippen LogP contribution is -2.29. The minimum atomic E-state index is -0.124. The maximum absolute atomic E-state index is 12.4. The number of rotatable bonds is 5. The van der Waals surface area contributed by atoms with Crippen LogP contribution in [0.15, 0.2) is 30.3 Å². The number of amides is 1. The van der Waals surface area contributed by atoms with Crippen molar-refractivity contribution in [3.05, 3.63) is 35.2 Å². The molecule has 1 aliphatic rings. The molecule has 3 rings (SSSR count). The van der Waals surface area contributed by atoms with Crippen LogP contribution >= 0.6 is 11.3 Å². The summed E-state index contributed by atoms with van der Waals surface area (Å²) in [6.45, 7) is 0.467. The van der Waals surface area contributed by atoms with Crippen LogP contribution in [-0.2, 0) is 14.3 Å². The van der Waals surface area contributed by atoms with Crippen molar-refractivity contribution in [1.82, 2.24) is 4.98 Å². The van der Waals surface area contributed by atoms with Gasteiger partial charge in [0.15, 0.2) is 5.13 Å². The third-order valence-electron chi connectivity index (χ3n) is 4.30. The van der Waals surface area contributed by atoms with Gasteiger partial charge in [-0.1, -0.05) is 41.7 Å². The van der Waals surface area contributed by atoms with Gasteiger partial charge in [-0.3, -0.25) is 9.59 Å². The molecule has 0 atom stereocenters. The Hall–Kier alpha value is -2.72. The highest BCUT2D eigenvalue weighted by Crippen LogP contribution is 2.32. The van der Waals surface area contributed by atoms with Crippen LogP contribution in [0.2, 0.25) is 0 Å². The number of ether oxygens (including phenoxy) is 1. The number of aromatic nitrogens is 1. The van der Waals surface area contributed by atoms with Crippen LogP contribution < -0.4 is 5.32 Å². The Morgan fingerprint density at radius 3 is 2.64 bits per heavy atom. The molecule has 6 nitrogen and oxygen atoms in total. The Kier molecular flexibility index (Phi) is 5.41. The quantitative estimate of drug-likeness (QED) is 0.830. The molecule has 1 aromatic carbocycles. The highest BCUT2D eigenvalue weighted by atomic mass is 32.1. The lowest BCUT2D eigenvalue weighted by molar-refractivity contribution is -0.135. The summed E-state index contributed by atoms with van der Waals surface area (Å²) in [6.07, 6.45) is 2.63. The zero-order valence-corrected chi connectivity index (χ0v) is 14.3. The van der Waals surface area contributed by atoms with Crippen molar-refractivity contribution in [3.63, 3.8) is 0 Å². The Morgan fingerprint density at radius 1 is 1.28 bits per heavy atom. The van der Waals surface area contributed by atoms with Crippen LogP contribution in [0.4, 0.5) is 5.13 Å². The van der Waals surface area contributed by atoms with E-state index in [1.165, 1.54) is 11.3 Å². The number of thiazole rings is 1. The van der Waals surface area contributed by atoms with Gasteiger partial charge < -0.3 is 10.1 Å². The summed E-state index contributed by atoms with van der Waals surface area (Å²) in [5, 5.41) is 12.6. The van der Waals surface area contributed by atoms with Gasteiger partial charge >= 0.3 is 0 Å². The number of hydrogen-bond acceptors (Lipinski definition) is 6. The second-order valence-electron chi connectivity index (χ2n) is 5.87. The van der Waals surface area contributed by atoms with Crippen LogP contribution in [0.5, 0.6) is 0 Å². The number of nitrogens with one attached hydrogen (secondary N) is 1. The number of benzene rings is 1. The highest BCUT2D eigenvalue weighted by molar-refractivity contribution is 7.16. The summed E-state index contributed by atoms with van der Waals surface area (Å²) in [4.78, 5) is 27.7. The molecule has 7 heteroatoms. The van der Waals surface area contributed by atoms with Gasteiger partial charge in [-0.15, -0.1) is 0 Å². The summed E-state index contributed by atoms with van der Waals surface area (Å²) >= 11 is 1.18. The normalized spacial score (nSPS) is 19.6. The van der Waals surface area contributed by atoms with Crippen molar-refractivity contribution in [2.45, 2.75) is 31.8 Å². The van der Waals surface area contributed by atoms with E-state index < -0.39 is 0 Å². The Balaban J connectivity index is 1.67. The van der Waals surface area contributed by atoms with Crippen LogP contribution in [-0.4, -0.2) is 23.5 Å². The zero-order chi connectivity index (χ0) is 17.6. The van der Waals surface area contributed by atoms with E-state index in [1.807, 2.05) is 30.3 Å². The first-order valence-corrected chi connectivity index (χ1v) is 8.89. The second-order valence-corrected chi connectivity index (χ2v) is 6.87. The zero-order valence-electron chi connectivity index (χ0n) is 13.5. The molecule has 128 valence electrons. The topological polar surface area (TPSA) is 92.1 Å². The second kappa shape index (κ2) is 7.90. The SMILES string of the molecule is N#Cc1sc(NC(=O)C2CCC(OC=O)CC2)nc1-c1ccccc1. The first kappa shape index (κ1) is 17.1. The molecule has 1 aromatic heterocycles.